The Hall–Kier alpha value is -1.77. The number of nitrogens with zero attached hydrogens (tertiary/aromatic N) is 1. The Kier molecular flexibility index (Phi) is 4.83. The van der Waals surface area contributed by atoms with Crippen LogP contribution in [0.15, 0.2) is 30.3 Å². The number of carbonyl (C=O) groups excluding carboxylic acids is 1. The van der Waals surface area contributed by atoms with Crippen molar-refractivity contribution >= 4 is 12.0 Å². The molecule has 108 valence electrons. The summed E-state index contributed by atoms with van der Waals surface area (Å²) in [5.41, 5.74) is 1.01. The van der Waals surface area contributed by atoms with Gasteiger partial charge in [0.25, 0.3) is 0 Å². The number of rotatable bonds is 6. The van der Waals surface area contributed by atoms with E-state index in [1.54, 1.807) is 6.08 Å². The lowest BCUT2D eigenvalue weighted by Gasteiger charge is -2.23. The molecule has 0 bridgehead atoms. The molecule has 0 spiro atoms. The van der Waals surface area contributed by atoms with Gasteiger partial charge >= 0.3 is 0 Å². The SMILES string of the molecule is CCOc1ccc(/C=C/C(=O)N(C)C(C)C2CC2)cc1. The maximum absolute atomic E-state index is 12.1. The third kappa shape index (κ3) is 3.86. The molecule has 2 rings (SSSR count). The van der Waals surface area contributed by atoms with E-state index in [4.69, 9.17) is 4.74 Å². The Morgan fingerprint density at radius 2 is 2.05 bits per heavy atom. The maximum Gasteiger partial charge on any atom is 0.246 e. The average Bonchev–Trinajstić information content (AvgIpc) is 3.29. The van der Waals surface area contributed by atoms with Gasteiger partial charge in [0.1, 0.15) is 5.75 Å². The molecule has 1 unspecified atom stereocenters. The predicted octanol–water partition coefficient (Wildman–Crippen LogP) is 3.36. The number of benzene rings is 1. The molecular weight excluding hydrogens is 250 g/mol. The zero-order chi connectivity index (χ0) is 14.5. The van der Waals surface area contributed by atoms with Crippen LogP contribution in [0.2, 0.25) is 0 Å². The van der Waals surface area contributed by atoms with E-state index >= 15 is 0 Å². The van der Waals surface area contributed by atoms with Crippen molar-refractivity contribution in [2.45, 2.75) is 32.7 Å². The first-order valence-electron chi connectivity index (χ1n) is 7.29. The molecule has 3 nitrogen and oxygen atoms in total. The standard InChI is InChI=1S/C17H23NO2/c1-4-20-16-10-5-14(6-11-16)7-12-17(19)18(3)13(2)15-8-9-15/h5-7,10-13,15H,4,8-9H2,1-3H3/b12-7+. The number of carbonyl (C=O) groups is 1. The molecule has 0 aromatic heterocycles. The lowest BCUT2D eigenvalue weighted by atomic mass is 10.1. The maximum atomic E-state index is 12.1. The van der Waals surface area contributed by atoms with E-state index in [0.29, 0.717) is 18.6 Å². The van der Waals surface area contributed by atoms with Gasteiger partial charge in [-0.25, -0.2) is 0 Å². The van der Waals surface area contributed by atoms with Crippen LogP contribution in [0.3, 0.4) is 0 Å². The molecule has 1 atom stereocenters. The van der Waals surface area contributed by atoms with E-state index in [-0.39, 0.29) is 5.91 Å². The van der Waals surface area contributed by atoms with Crippen molar-refractivity contribution in [3.05, 3.63) is 35.9 Å². The lowest BCUT2D eigenvalue weighted by molar-refractivity contribution is -0.126. The summed E-state index contributed by atoms with van der Waals surface area (Å²) in [6.45, 7) is 4.75. The number of ether oxygens (including phenoxy) is 1. The molecule has 0 saturated heterocycles. The number of amides is 1. The minimum atomic E-state index is 0.0679. The topological polar surface area (TPSA) is 29.5 Å². The van der Waals surface area contributed by atoms with Crippen LogP contribution in [0.5, 0.6) is 5.75 Å². The van der Waals surface area contributed by atoms with Gasteiger partial charge in [0.2, 0.25) is 5.91 Å². The second kappa shape index (κ2) is 6.60. The van der Waals surface area contributed by atoms with Crippen LogP contribution >= 0.6 is 0 Å². The van der Waals surface area contributed by atoms with Crippen molar-refractivity contribution in [1.29, 1.82) is 0 Å². The average molecular weight is 273 g/mol. The van der Waals surface area contributed by atoms with Gasteiger partial charge in [-0.15, -0.1) is 0 Å². The first kappa shape index (κ1) is 14.6. The van der Waals surface area contributed by atoms with Gasteiger partial charge in [-0.1, -0.05) is 12.1 Å². The molecule has 0 heterocycles. The Morgan fingerprint density at radius 1 is 1.40 bits per heavy atom. The molecule has 1 aromatic rings. The summed E-state index contributed by atoms with van der Waals surface area (Å²) >= 11 is 0. The second-order valence-electron chi connectivity index (χ2n) is 5.36. The molecule has 3 heteroatoms. The van der Waals surface area contributed by atoms with E-state index in [0.717, 1.165) is 11.3 Å². The van der Waals surface area contributed by atoms with Crippen LogP contribution in [0.1, 0.15) is 32.3 Å². The van der Waals surface area contributed by atoms with Crippen molar-refractivity contribution in [1.82, 2.24) is 4.90 Å². The van der Waals surface area contributed by atoms with Gasteiger partial charge in [0, 0.05) is 19.2 Å². The highest BCUT2D eigenvalue weighted by molar-refractivity contribution is 5.91. The summed E-state index contributed by atoms with van der Waals surface area (Å²) in [6, 6.07) is 8.10. The van der Waals surface area contributed by atoms with Crippen LogP contribution in [0, 0.1) is 5.92 Å². The summed E-state index contributed by atoms with van der Waals surface area (Å²) in [7, 11) is 1.88. The zero-order valence-electron chi connectivity index (χ0n) is 12.5. The Balaban J connectivity index is 1.92. The van der Waals surface area contributed by atoms with Crippen LogP contribution in [-0.2, 0) is 4.79 Å². The number of hydrogen-bond acceptors (Lipinski definition) is 2. The largest absolute Gasteiger partial charge is 0.494 e. The summed E-state index contributed by atoms with van der Waals surface area (Å²) in [6.07, 6.45) is 6.01. The third-order valence-electron chi connectivity index (χ3n) is 3.87. The van der Waals surface area contributed by atoms with Gasteiger partial charge in [-0.3, -0.25) is 4.79 Å². The molecule has 20 heavy (non-hydrogen) atoms. The molecule has 0 N–H and O–H groups in total. The fraction of sp³-hybridized carbons (Fsp3) is 0.471. The van der Waals surface area contributed by atoms with Gasteiger partial charge in [0.05, 0.1) is 6.61 Å². The highest BCUT2D eigenvalue weighted by Gasteiger charge is 2.31. The van der Waals surface area contributed by atoms with E-state index < -0.39 is 0 Å². The molecule has 1 saturated carbocycles. The quantitative estimate of drug-likeness (QED) is 0.744. The van der Waals surface area contributed by atoms with Gasteiger partial charge < -0.3 is 9.64 Å². The minimum absolute atomic E-state index is 0.0679. The molecule has 1 aliphatic carbocycles. The van der Waals surface area contributed by atoms with Gasteiger partial charge in [-0.2, -0.15) is 0 Å². The zero-order valence-corrected chi connectivity index (χ0v) is 12.5. The van der Waals surface area contributed by atoms with Crippen molar-refractivity contribution < 1.29 is 9.53 Å². The number of likely N-dealkylation sites (N-methyl/N-ethyl adjacent to an activating group) is 1. The summed E-state index contributed by atoms with van der Waals surface area (Å²) in [5.74, 6) is 1.62. The van der Waals surface area contributed by atoms with E-state index in [2.05, 4.69) is 6.92 Å². The van der Waals surface area contributed by atoms with Crippen molar-refractivity contribution in [2.24, 2.45) is 5.92 Å². The van der Waals surface area contributed by atoms with Crippen molar-refractivity contribution in [2.75, 3.05) is 13.7 Å². The molecule has 1 amide bonds. The highest BCUT2D eigenvalue weighted by Crippen LogP contribution is 2.34. The summed E-state index contributed by atoms with van der Waals surface area (Å²) < 4.78 is 5.39. The first-order valence-corrected chi connectivity index (χ1v) is 7.29. The van der Waals surface area contributed by atoms with Crippen LogP contribution in [0.25, 0.3) is 6.08 Å². The Bertz CT molecular complexity index is 474. The fourth-order valence-corrected chi connectivity index (χ4v) is 2.22. The van der Waals surface area contributed by atoms with Crippen molar-refractivity contribution in [3.63, 3.8) is 0 Å². The van der Waals surface area contributed by atoms with Gasteiger partial charge in [0.15, 0.2) is 0 Å². The number of hydrogen-bond donors (Lipinski definition) is 0. The molecule has 1 aliphatic rings. The van der Waals surface area contributed by atoms with E-state index in [9.17, 15) is 4.79 Å². The monoisotopic (exact) mass is 273 g/mol. The predicted molar refractivity (Wildman–Crippen MR) is 81.6 cm³/mol. The van der Waals surface area contributed by atoms with Crippen LogP contribution in [0.4, 0.5) is 0 Å². The molecule has 1 fully saturated rings. The lowest BCUT2D eigenvalue weighted by Crippen LogP contribution is -2.35. The normalized spacial score (nSPS) is 16.1. The highest BCUT2D eigenvalue weighted by atomic mass is 16.5. The van der Waals surface area contributed by atoms with Crippen molar-refractivity contribution in [3.8, 4) is 5.75 Å². The summed E-state index contributed by atoms with van der Waals surface area (Å²) in [4.78, 5) is 13.9. The molecule has 0 aliphatic heterocycles. The molecule has 0 radical (unpaired) electrons. The van der Waals surface area contributed by atoms with E-state index in [1.165, 1.54) is 12.8 Å². The minimum Gasteiger partial charge on any atom is -0.494 e. The summed E-state index contributed by atoms with van der Waals surface area (Å²) in [5, 5.41) is 0. The fourth-order valence-electron chi connectivity index (χ4n) is 2.22. The Labute approximate surface area is 121 Å². The Morgan fingerprint density at radius 3 is 2.60 bits per heavy atom. The molecular formula is C17H23NO2. The third-order valence-corrected chi connectivity index (χ3v) is 3.87. The first-order chi connectivity index (χ1) is 9.61. The smallest absolute Gasteiger partial charge is 0.246 e. The second-order valence-corrected chi connectivity index (χ2v) is 5.36. The van der Waals surface area contributed by atoms with Crippen LogP contribution < -0.4 is 4.74 Å². The molecule has 1 aromatic carbocycles. The van der Waals surface area contributed by atoms with Gasteiger partial charge in [-0.05, 0) is 56.4 Å². The van der Waals surface area contributed by atoms with E-state index in [1.807, 2.05) is 49.2 Å². The van der Waals surface area contributed by atoms with Crippen LogP contribution in [-0.4, -0.2) is 30.5 Å².